The van der Waals surface area contributed by atoms with E-state index in [9.17, 15) is 8.42 Å². The van der Waals surface area contributed by atoms with Crippen molar-refractivity contribution in [1.29, 1.82) is 0 Å². The maximum atomic E-state index is 13.1. The zero-order valence-corrected chi connectivity index (χ0v) is 18.0. The second kappa shape index (κ2) is 8.57. The molecule has 3 aromatic rings. The molecule has 0 radical (unpaired) electrons. The van der Waals surface area contributed by atoms with Gasteiger partial charge in [0, 0.05) is 23.0 Å². The van der Waals surface area contributed by atoms with E-state index >= 15 is 0 Å². The Morgan fingerprint density at radius 1 is 1.10 bits per heavy atom. The fourth-order valence-corrected chi connectivity index (χ4v) is 4.83. The van der Waals surface area contributed by atoms with Gasteiger partial charge >= 0.3 is 0 Å². The highest BCUT2D eigenvalue weighted by Gasteiger charge is 2.24. The molecule has 0 atom stereocenters. The lowest BCUT2D eigenvalue weighted by Crippen LogP contribution is -2.19. The molecule has 0 amide bonds. The van der Waals surface area contributed by atoms with Gasteiger partial charge in [0.25, 0.3) is 15.9 Å². The first-order chi connectivity index (χ1) is 14.4. The second-order valence-electron chi connectivity index (χ2n) is 7.10. The van der Waals surface area contributed by atoms with Gasteiger partial charge in [-0.3, -0.25) is 9.71 Å². The summed E-state index contributed by atoms with van der Waals surface area (Å²) in [5.41, 5.74) is 2.96. The molecular weight excluding hydrogens is 424 g/mol. The topological polar surface area (TPSA) is 94.1 Å². The molecule has 0 saturated heterocycles. The molecule has 1 aliphatic carbocycles. The van der Waals surface area contributed by atoms with Crippen molar-refractivity contribution in [3.63, 3.8) is 0 Å². The molecule has 2 aromatic heterocycles. The van der Waals surface area contributed by atoms with E-state index in [4.69, 9.17) is 16.3 Å². The van der Waals surface area contributed by atoms with E-state index in [2.05, 4.69) is 19.7 Å². The van der Waals surface area contributed by atoms with Gasteiger partial charge in [0.05, 0.1) is 16.3 Å². The van der Waals surface area contributed by atoms with E-state index in [1.165, 1.54) is 6.07 Å². The third-order valence-electron chi connectivity index (χ3n) is 4.93. The van der Waals surface area contributed by atoms with Crippen LogP contribution < -0.4 is 9.46 Å². The van der Waals surface area contributed by atoms with Crippen LogP contribution in [0.15, 0.2) is 47.6 Å². The number of ether oxygens (including phenoxy) is 1. The maximum Gasteiger partial charge on any atom is 0.263 e. The van der Waals surface area contributed by atoms with Crippen LogP contribution in [-0.2, 0) is 29.5 Å². The number of rotatable bonds is 6. The number of sulfonamides is 1. The fourth-order valence-electron chi connectivity index (χ4n) is 3.34. The van der Waals surface area contributed by atoms with E-state index in [-0.39, 0.29) is 23.2 Å². The predicted molar refractivity (Wildman–Crippen MR) is 114 cm³/mol. The average molecular weight is 445 g/mol. The highest BCUT2D eigenvalue weighted by Crippen LogP contribution is 2.30. The van der Waals surface area contributed by atoms with Crippen LogP contribution in [0.1, 0.15) is 35.4 Å². The Morgan fingerprint density at radius 3 is 2.60 bits per heavy atom. The molecule has 0 spiro atoms. The van der Waals surface area contributed by atoms with Gasteiger partial charge in [0.15, 0.2) is 0 Å². The zero-order chi connectivity index (χ0) is 21.1. The molecule has 7 nitrogen and oxygen atoms in total. The van der Waals surface area contributed by atoms with Crippen molar-refractivity contribution in [1.82, 2.24) is 15.0 Å². The molecule has 30 heavy (non-hydrogen) atoms. The molecule has 9 heteroatoms. The lowest BCUT2D eigenvalue weighted by atomic mass is 10.0. The highest BCUT2D eigenvalue weighted by atomic mass is 35.5. The minimum atomic E-state index is -3.93. The van der Waals surface area contributed by atoms with Crippen LogP contribution in [0.3, 0.4) is 0 Å². The van der Waals surface area contributed by atoms with Gasteiger partial charge < -0.3 is 4.74 Å². The number of pyridine rings is 1. The van der Waals surface area contributed by atoms with Crippen LogP contribution in [0.2, 0.25) is 5.02 Å². The van der Waals surface area contributed by atoms with Crippen LogP contribution in [-0.4, -0.2) is 23.4 Å². The van der Waals surface area contributed by atoms with Crippen LogP contribution in [0.25, 0.3) is 0 Å². The SMILES string of the molecule is Cc1c(Cl)cccc1S(=O)(=O)Nc1nc2c(nc1OCc1cccnc1)CCCC2. The number of benzene rings is 1. The molecule has 1 aromatic carbocycles. The molecule has 4 rings (SSSR count). The van der Waals surface area contributed by atoms with Gasteiger partial charge in [-0.25, -0.2) is 18.4 Å². The molecule has 0 fully saturated rings. The van der Waals surface area contributed by atoms with Crippen molar-refractivity contribution in [3.05, 3.63) is 70.3 Å². The summed E-state index contributed by atoms with van der Waals surface area (Å²) in [6.45, 7) is 1.86. The Kier molecular flexibility index (Phi) is 5.87. The molecule has 0 aliphatic heterocycles. The summed E-state index contributed by atoms with van der Waals surface area (Å²) in [6.07, 6.45) is 6.94. The monoisotopic (exact) mass is 444 g/mol. The number of halogens is 1. The van der Waals surface area contributed by atoms with Gasteiger partial charge in [-0.15, -0.1) is 0 Å². The van der Waals surface area contributed by atoms with Gasteiger partial charge in [0.1, 0.15) is 6.61 Å². The summed E-state index contributed by atoms with van der Waals surface area (Å²) < 4.78 is 34.5. The third-order valence-corrected chi connectivity index (χ3v) is 6.83. The fraction of sp³-hybridized carbons (Fsp3) is 0.286. The number of hydrogen-bond acceptors (Lipinski definition) is 6. The lowest BCUT2D eigenvalue weighted by molar-refractivity contribution is 0.292. The van der Waals surface area contributed by atoms with E-state index in [0.29, 0.717) is 10.6 Å². The maximum absolute atomic E-state index is 13.1. The van der Waals surface area contributed by atoms with Crippen LogP contribution in [0, 0.1) is 6.92 Å². The van der Waals surface area contributed by atoms with Crippen LogP contribution >= 0.6 is 11.6 Å². The number of aryl methyl sites for hydroxylation is 2. The largest absolute Gasteiger partial charge is 0.470 e. The summed E-state index contributed by atoms with van der Waals surface area (Å²) >= 11 is 6.12. The van der Waals surface area contributed by atoms with Crippen LogP contribution in [0.5, 0.6) is 5.88 Å². The van der Waals surface area contributed by atoms with Crippen molar-refractivity contribution in [2.45, 2.75) is 44.1 Å². The first-order valence-corrected chi connectivity index (χ1v) is 11.5. The minimum absolute atomic E-state index is 0.0823. The summed E-state index contributed by atoms with van der Waals surface area (Å²) in [6, 6.07) is 8.44. The molecule has 1 N–H and O–H groups in total. The smallest absolute Gasteiger partial charge is 0.263 e. The molecule has 1 aliphatic rings. The number of nitrogens with zero attached hydrogens (tertiary/aromatic N) is 3. The highest BCUT2D eigenvalue weighted by molar-refractivity contribution is 7.92. The normalized spacial score (nSPS) is 13.5. The molecule has 0 unspecified atom stereocenters. The molecule has 0 bridgehead atoms. The Bertz CT molecular complexity index is 1170. The Morgan fingerprint density at radius 2 is 1.87 bits per heavy atom. The summed E-state index contributed by atoms with van der Waals surface area (Å²) in [5, 5.41) is 0.377. The first kappa shape index (κ1) is 20.6. The number of anilines is 1. The Balaban J connectivity index is 1.69. The quantitative estimate of drug-likeness (QED) is 0.615. The van der Waals surface area contributed by atoms with Gasteiger partial charge in [-0.05, 0) is 56.4 Å². The molecule has 0 saturated carbocycles. The van der Waals surface area contributed by atoms with Gasteiger partial charge in [-0.2, -0.15) is 0 Å². The van der Waals surface area contributed by atoms with Gasteiger partial charge in [0.2, 0.25) is 5.82 Å². The Hall–Kier alpha value is -2.71. The number of fused-ring (bicyclic) bond motifs is 1. The molecular formula is C21H21ClN4O3S. The third kappa shape index (κ3) is 4.39. The van der Waals surface area contributed by atoms with Crippen molar-refractivity contribution < 1.29 is 13.2 Å². The first-order valence-electron chi connectivity index (χ1n) is 9.63. The van der Waals surface area contributed by atoms with Crippen LogP contribution in [0.4, 0.5) is 5.82 Å². The minimum Gasteiger partial charge on any atom is -0.470 e. The summed E-state index contributed by atoms with van der Waals surface area (Å²) in [7, 11) is -3.93. The number of hydrogen-bond donors (Lipinski definition) is 1. The van der Waals surface area contributed by atoms with Crippen molar-refractivity contribution >= 4 is 27.4 Å². The van der Waals surface area contributed by atoms with Crippen molar-refractivity contribution in [2.75, 3.05) is 4.72 Å². The van der Waals surface area contributed by atoms with Crippen molar-refractivity contribution in [2.24, 2.45) is 0 Å². The van der Waals surface area contributed by atoms with Crippen molar-refractivity contribution in [3.8, 4) is 5.88 Å². The summed E-state index contributed by atoms with van der Waals surface area (Å²) in [5.74, 6) is 0.238. The second-order valence-corrected chi connectivity index (χ2v) is 9.15. The zero-order valence-electron chi connectivity index (χ0n) is 16.4. The van der Waals surface area contributed by atoms with E-state index in [1.807, 2.05) is 12.1 Å². The standard InChI is InChI=1S/C21H21ClN4O3S/c1-14-16(22)7-4-10-19(14)30(27,28)26-20-21(29-13-15-6-5-11-23-12-15)25-18-9-3-2-8-17(18)24-20/h4-7,10-12H,2-3,8-9,13H2,1H3,(H,24,26). The van der Waals surface area contributed by atoms with E-state index in [1.54, 1.807) is 31.5 Å². The predicted octanol–water partition coefficient (Wildman–Crippen LogP) is 4.09. The Labute approximate surface area is 180 Å². The lowest BCUT2D eigenvalue weighted by Gasteiger charge is -2.19. The molecule has 156 valence electrons. The number of aromatic nitrogens is 3. The summed E-state index contributed by atoms with van der Waals surface area (Å²) in [4.78, 5) is 13.3. The molecule has 2 heterocycles. The number of nitrogens with one attached hydrogen (secondary N) is 1. The van der Waals surface area contributed by atoms with E-state index in [0.717, 1.165) is 42.6 Å². The van der Waals surface area contributed by atoms with Gasteiger partial charge in [-0.1, -0.05) is 23.7 Å². The average Bonchev–Trinajstić information content (AvgIpc) is 2.74. The van der Waals surface area contributed by atoms with E-state index < -0.39 is 10.0 Å².